The van der Waals surface area contributed by atoms with E-state index in [1.807, 2.05) is 4.90 Å². The lowest BCUT2D eigenvalue weighted by Crippen LogP contribution is -2.42. The number of ether oxygens (including phenoxy) is 1. The van der Waals surface area contributed by atoms with E-state index in [1.165, 1.54) is 15.8 Å². The van der Waals surface area contributed by atoms with Crippen molar-refractivity contribution >= 4 is 33.3 Å². The van der Waals surface area contributed by atoms with Gasteiger partial charge in [0.2, 0.25) is 5.91 Å². The molecule has 140 valence electrons. The number of hydrogen-bond donors (Lipinski definition) is 0. The van der Waals surface area contributed by atoms with Crippen LogP contribution in [0.15, 0.2) is 6.33 Å². The molecule has 0 radical (unpaired) electrons. The summed E-state index contributed by atoms with van der Waals surface area (Å²) < 4.78 is 5.34. The minimum Gasteiger partial charge on any atom is -0.378 e. The Morgan fingerprint density at radius 3 is 2.65 bits per heavy atom. The Balaban J connectivity index is 1.40. The van der Waals surface area contributed by atoms with Crippen LogP contribution in [0.3, 0.4) is 0 Å². The van der Waals surface area contributed by atoms with Gasteiger partial charge in [-0.1, -0.05) is 0 Å². The molecule has 2 aromatic rings. The molecule has 1 amide bonds. The van der Waals surface area contributed by atoms with Crippen LogP contribution < -0.4 is 4.90 Å². The van der Waals surface area contributed by atoms with Gasteiger partial charge < -0.3 is 14.5 Å². The van der Waals surface area contributed by atoms with Crippen LogP contribution >= 0.6 is 11.3 Å². The van der Waals surface area contributed by atoms with E-state index in [9.17, 15) is 4.79 Å². The number of piperidine rings is 1. The van der Waals surface area contributed by atoms with Crippen molar-refractivity contribution in [3.8, 4) is 0 Å². The van der Waals surface area contributed by atoms with Crippen molar-refractivity contribution in [2.45, 2.75) is 33.1 Å². The summed E-state index contributed by atoms with van der Waals surface area (Å²) in [6.45, 7) is 9.06. The maximum absolute atomic E-state index is 12.5. The van der Waals surface area contributed by atoms with Crippen LogP contribution in [0.1, 0.15) is 29.7 Å². The number of fused-ring (bicyclic) bond motifs is 1. The number of carbonyl (C=O) groups is 1. The number of aryl methyl sites for hydroxylation is 2. The smallest absolute Gasteiger partial charge is 0.223 e. The maximum atomic E-state index is 12.5. The Morgan fingerprint density at radius 2 is 1.92 bits per heavy atom. The molecule has 0 bridgehead atoms. The Labute approximate surface area is 158 Å². The molecule has 2 fully saturated rings. The largest absolute Gasteiger partial charge is 0.378 e. The average Bonchev–Trinajstić information content (AvgIpc) is 2.97. The summed E-state index contributed by atoms with van der Waals surface area (Å²) in [7, 11) is 0. The molecule has 0 saturated carbocycles. The summed E-state index contributed by atoms with van der Waals surface area (Å²) in [6, 6.07) is 0. The molecule has 0 N–H and O–H groups in total. The van der Waals surface area contributed by atoms with Crippen LogP contribution in [0.4, 0.5) is 5.82 Å². The third-order valence-corrected chi connectivity index (χ3v) is 6.80. The molecule has 26 heavy (non-hydrogen) atoms. The Hall–Kier alpha value is -1.73. The molecule has 4 heterocycles. The summed E-state index contributed by atoms with van der Waals surface area (Å²) >= 11 is 1.74. The summed E-state index contributed by atoms with van der Waals surface area (Å²) in [6.07, 6.45) is 4.44. The normalized spacial score (nSPS) is 19.3. The van der Waals surface area contributed by atoms with Gasteiger partial charge in [-0.05, 0) is 38.2 Å². The van der Waals surface area contributed by atoms with Gasteiger partial charge >= 0.3 is 0 Å². The molecule has 2 aromatic heterocycles. The maximum Gasteiger partial charge on any atom is 0.223 e. The number of morpholine rings is 1. The number of carbonyl (C=O) groups excluding carboxylic acids is 1. The lowest BCUT2D eigenvalue weighted by atomic mass is 9.92. The first-order chi connectivity index (χ1) is 12.6. The predicted octanol–water partition coefficient (Wildman–Crippen LogP) is 2.77. The van der Waals surface area contributed by atoms with Crippen LogP contribution in [0.2, 0.25) is 0 Å². The average molecular weight is 375 g/mol. The molecular weight excluding hydrogens is 348 g/mol. The van der Waals surface area contributed by atoms with E-state index in [0.717, 1.165) is 49.7 Å². The van der Waals surface area contributed by atoms with Crippen molar-refractivity contribution in [3.63, 3.8) is 0 Å². The lowest BCUT2D eigenvalue weighted by molar-refractivity contribution is -0.136. The molecule has 2 aliphatic heterocycles. The van der Waals surface area contributed by atoms with E-state index in [2.05, 4.69) is 28.7 Å². The highest BCUT2D eigenvalue weighted by atomic mass is 32.1. The highest BCUT2D eigenvalue weighted by molar-refractivity contribution is 7.18. The van der Waals surface area contributed by atoms with E-state index in [1.54, 1.807) is 17.7 Å². The van der Waals surface area contributed by atoms with Gasteiger partial charge in [-0.25, -0.2) is 9.97 Å². The van der Waals surface area contributed by atoms with Crippen LogP contribution in [0.5, 0.6) is 0 Å². The quantitative estimate of drug-likeness (QED) is 0.827. The van der Waals surface area contributed by atoms with Crippen molar-refractivity contribution < 1.29 is 9.53 Å². The van der Waals surface area contributed by atoms with Gasteiger partial charge in [-0.2, -0.15) is 0 Å². The van der Waals surface area contributed by atoms with Gasteiger partial charge in [0.05, 0.1) is 18.6 Å². The lowest BCUT2D eigenvalue weighted by Gasteiger charge is -2.34. The minimum absolute atomic E-state index is 0.292. The number of anilines is 1. The number of thiophene rings is 1. The zero-order valence-corrected chi connectivity index (χ0v) is 16.3. The van der Waals surface area contributed by atoms with Crippen molar-refractivity contribution in [1.29, 1.82) is 0 Å². The van der Waals surface area contributed by atoms with Crippen molar-refractivity contribution in [3.05, 3.63) is 16.8 Å². The number of aromatic nitrogens is 2. The highest BCUT2D eigenvalue weighted by Crippen LogP contribution is 2.35. The second-order valence-corrected chi connectivity index (χ2v) is 8.49. The Bertz CT molecular complexity index is 792. The van der Waals surface area contributed by atoms with Gasteiger partial charge in [0.25, 0.3) is 0 Å². The molecule has 0 aliphatic carbocycles. The summed E-state index contributed by atoms with van der Waals surface area (Å²) in [5.74, 6) is 1.83. The fourth-order valence-corrected chi connectivity index (χ4v) is 4.93. The predicted molar refractivity (Wildman–Crippen MR) is 104 cm³/mol. The summed E-state index contributed by atoms with van der Waals surface area (Å²) in [4.78, 5) is 28.2. The molecule has 7 heteroatoms. The standard InChI is InChI=1S/C19H26N4O2S/c1-13-14(2)26-19-17(13)18(20-12-21-19)23-5-3-15(4-6-23)11-16(24)22-7-9-25-10-8-22/h12,15H,3-11H2,1-2H3. The summed E-state index contributed by atoms with van der Waals surface area (Å²) in [5.41, 5.74) is 1.30. The van der Waals surface area contributed by atoms with Crippen LogP contribution in [-0.4, -0.2) is 60.2 Å². The molecule has 0 spiro atoms. The Kier molecular flexibility index (Phi) is 5.09. The zero-order valence-electron chi connectivity index (χ0n) is 15.5. The topological polar surface area (TPSA) is 58.6 Å². The second-order valence-electron chi connectivity index (χ2n) is 7.29. The third kappa shape index (κ3) is 3.42. The Morgan fingerprint density at radius 1 is 1.19 bits per heavy atom. The molecule has 0 atom stereocenters. The molecular formula is C19H26N4O2S. The van der Waals surface area contributed by atoms with Gasteiger partial charge in [0.15, 0.2) is 0 Å². The van der Waals surface area contributed by atoms with Crippen molar-refractivity contribution in [2.75, 3.05) is 44.3 Å². The number of rotatable bonds is 3. The monoisotopic (exact) mass is 374 g/mol. The molecule has 4 rings (SSSR count). The van der Waals surface area contributed by atoms with E-state index in [4.69, 9.17) is 4.74 Å². The molecule has 0 unspecified atom stereocenters. The summed E-state index contributed by atoms with van der Waals surface area (Å²) in [5, 5.41) is 1.21. The van der Waals surface area contributed by atoms with Gasteiger partial charge in [0, 0.05) is 37.5 Å². The number of amides is 1. The van der Waals surface area contributed by atoms with E-state index in [-0.39, 0.29) is 0 Å². The molecule has 2 aliphatic rings. The first-order valence-corrected chi connectivity index (χ1v) is 10.3. The number of hydrogen-bond acceptors (Lipinski definition) is 6. The molecule has 0 aromatic carbocycles. The number of nitrogens with zero attached hydrogens (tertiary/aromatic N) is 4. The minimum atomic E-state index is 0.292. The van der Waals surface area contributed by atoms with Gasteiger partial charge in [0.1, 0.15) is 17.0 Å². The van der Waals surface area contributed by atoms with E-state index < -0.39 is 0 Å². The van der Waals surface area contributed by atoms with E-state index >= 15 is 0 Å². The van der Waals surface area contributed by atoms with Crippen LogP contribution in [0.25, 0.3) is 10.2 Å². The van der Waals surface area contributed by atoms with E-state index in [0.29, 0.717) is 31.5 Å². The first kappa shape index (κ1) is 17.7. The van der Waals surface area contributed by atoms with Crippen LogP contribution in [0, 0.1) is 19.8 Å². The molecule has 2 saturated heterocycles. The van der Waals surface area contributed by atoms with Crippen molar-refractivity contribution in [2.24, 2.45) is 5.92 Å². The highest BCUT2D eigenvalue weighted by Gasteiger charge is 2.26. The molecule has 6 nitrogen and oxygen atoms in total. The van der Waals surface area contributed by atoms with Crippen LogP contribution in [-0.2, 0) is 9.53 Å². The fourth-order valence-electron chi connectivity index (χ4n) is 3.94. The first-order valence-electron chi connectivity index (χ1n) is 9.44. The van der Waals surface area contributed by atoms with Gasteiger partial charge in [-0.3, -0.25) is 4.79 Å². The second kappa shape index (κ2) is 7.48. The zero-order chi connectivity index (χ0) is 18.1. The SMILES string of the molecule is Cc1sc2ncnc(N3CCC(CC(=O)N4CCOCC4)CC3)c2c1C. The van der Waals surface area contributed by atoms with Gasteiger partial charge in [-0.15, -0.1) is 11.3 Å². The third-order valence-electron chi connectivity index (χ3n) is 5.69. The van der Waals surface area contributed by atoms with Crippen molar-refractivity contribution in [1.82, 2.24) is 14.9 Å². The fraction of sp³-hybridized carbons (Fsp3) is 0.632.